The van der Waals surface area contributed by atoms with Crippen molar-refractivity contribution in [2.45, 2.75) is 13.3 Å². The van der Waals surface area contributed by atoms with Crippen molar-refractivity contribution < 1.29 is 13.6 Å². The molecule has 0 amide bonds. The summed E-state index contributed by atoms with van der Waals surface area (Å²) in [7, 11) is 0. The van der Waals surface area contributed by atoms with Crippen molar-refractivity contribution in [3.63, 3.8) is 0 Å². The number of benzene rings is 2. The number of nitrogen functional groups attached to an aromatic ring is 1. The second-order valence-corrected chi connectivity index (χ2v) is 4.40. The molecule has 0 saturated carbocycles. The lowest BCUT2D eigenvalue weighted by molar-refractivity contribution is 0.0984. The summed E-state index contributed by atoms with van der Waals surface area (Å²) in [5, 5.41) is 0. The van der Waals surface area contributed by atoms with Crippen LogP contribution >= 0.6 is 0 Å². The van der Waals surface area contributed by atoms with Crippen molar-refractivity contribution in [3.8, 4) is 0 Å². The summed E-state index contributed by atoms with van der Waals surface area (Å²) in [5.74, 6) is -2.23. The van der Waals surface area contributed by atoms with Gasteiger partial charge in [0, 0.05) is 12.1 Å². The van der Waals surface area contributed by atoms with Gasteiger partial charge in [0.25, 0.3) is 0 Å². The molecule has 0 heterocycles. The van der Waals surface area contributed by atoms with E-state index < -0.39 is 23.0 Å². The van der Waals surface area contributed by atoms with Crippen LogP contribution in [0.1, 0.15) is 21.5 Å². The number of hydrogen-bond donors (Lipinski definition) is 1. The first-order chi connectivity index (χ1) is 8.99. The van der Waals surface area contributed by atoms with Crippen LogP contribution < -0.4 is 5.73 Å². The van der Waals surface area contributed by atoms with Gasteiger partial charge in [-0.05, 0) is 36.2 Å². The van der Waals surface area contributed by atoms with E-state index in [0.717, 1.165) is 6.07 Å². The lowest BCUT2D eigenvalue weighted by Crippen LogP contribution is -2.10. The average molecular weight is 261 g/mol. The number of anilines is 1. The van der Waals surface area contributed by atoms with Gasteiger partial charge in [-0.2, -0.15) is 0 Å². The number of Topliss-reactive ketones (excluding diaryl/α,β-unsaturated/α-hetero) is 1. The zero-order valence-electron chi connectivity index (χ0n) is 10.4. The van der Waals surface area contributed by atoms with Crippen LogP contribution in [0, 0.1) is 18.6 Å². The van der Waals surface area contributed by atoms with E-state index in [4.69, 9.17) is 5.73 Å². The minimum Gasteiger partial charge on any atom is -0.399 e. The summed E-state index contributed by atoms with van der Waals surface area (Å²) in [5.41, 5.74) is 6.50. The molecule has 0 unspecified atom stereocenters. The summed E-state index contributed by atoms with van der Waals surface area (Å²) in [6, 6.07) is 9.10. The van der Waals surface area contributed by atoms with E-state index in [-0.39, 0.29) is 12.0 Å². The maximum Gasteiger partial charge on any atom is 0.173 e. The Morgan fingerprint density at radius 1 is 1.21 bits per heavy atom. The molecule has 2 rings (SSSR count). The largest absolute Gasteiger partial charge is 0.399 e. The maximum absolute atomic E-state index is 13.8. The molecule has 0 bridgehead atoms. The predicted octanol–water partition coefficient (Wildman–Crippen LogP) is 3.28. The van der Waals surface area contributed by atoms with Gasteiger partial charge in [0.15, 0.2) is 5.78 Å². The number of hydrogen-bond acceptors (Lipinski definition) is 2. The highest BCUT2D eigenvalue weighted by atomic mass is 19.1. The first-order valence-electron chi connectivity index (χ1n) is 5.81. The molecule has 2 nitrogen and oxygen atoms in total. The third kappa shape index (κ3) is 2.78. The summed E-state index contributed by atoms with van der Waals surface area (Å²) < 4.78 is 27.4. The number of carbonyl (C=O) groups is 1. The molecule has 0 aromatic heterocycles. The fraction of sp³-hybridized carbons (Fsp3) is 0.133. The van der Waals surface area contributed by atoms with Gasteiger partial charge in [0.2, 0.25) is 0 Å². The van der Waals surface area contributed by atoms with Gasteiger partial charge in [0.1, 0.15) is 11.6 Å². The van der Waals surface area contributed by atoms with Gasteiger partial charge in [-0.15, -0.1) is 0 Å². The fourth-order valence-corrected chi connectivity index (χ4v) is 1.89. The van der Waals surface area contributed by atoms with Crippen molar-refractivity contribution >= 4 is 11.5 Å². The summed E-state index contributed by atoms with van der Waals surface area (Å²) in [6.45, 7) is 1.49. The van der Waals surface area contributed by atoms with Crippen LogP contribution in [-0.4, -0.2) is 5.78 Å². The third-order valence-electron chi connectivity index (χ3n) is 2.88. The fourth-order valence-electron chi connectivity index (χ4n) is 1.89. The van der Waals surface area contributed by atoms with Gasteiger partial charge in [-0.25, -0.2) is 8.78 Å². The number of aryl methyl sites for hydroxylation is 1. The first kappa shape index (κ1) is 13.2. The third-order valence-corrected chi connectivity index (χ3v) is 2.88. The van der Waals surface area contributed by atoms with Crippen LogP contribution in [0.4, 0.5) is 14.5 Å². The minimum atomic E-state index is -0.836. The number of halogens is 2. The molecule has 0 saturated heterocycles. The Labute approximate surface area is 109 Å². The molecule has 4 heteroatoms. The number of nitrogens with two attached hydrogens (primary N) is 1. The summed E-state index contributed by atoms with van der Waals surface area (Å²) in [6.07, 6.45) is -0.0810. The van der Waals surface area contributed by atoms with Gasteiger partial charge >= 0.3 is 0 Å². The SMILES string of the molecule is Cc1ccc(F)c(C(=O)Cc2cccc(N)c2)c1F. The van der Waals surface area contributed by atoms with E-state index >= 15 is 0 Å². The van der Waals surface area contributed by atoms with Crippen LogP contribution in [0.25, 0.3) is 0 Å². The monoisotopic (exact) mass is 261 g/mol. The Bertz CT molecular complexity index is 638. The van der Waals surface area contributed by atoms with Crippen LogP contribution in [0.2, 0.25) is 0 Å². The molecular weight excluding hydrogens is 248 g/mol. The van der Waals surface area contributed by atoms with E-state index in [1.54, 1.807) is 24.3 Å². The zero-order valence-corrected chi connectivity index (χ0v) is 10.4. The lowest BCUT2D eigenvalue weighted by Gasteiger charge is -2.07. The maximum atomic E-state index is 13.8. The van der Waals surface area contributed by atoms with Crippen molar-refractivity contribution in [1.29, 1.82) is 0 Å². The average Bonchev–Trinajstić information content (AvgIpc) is 2.34. The Kier molecular flexibility index (Phi) is 3.60. The van der Waals surface area contributed by atoms with Gasteiger partial charge in [-0.1, -0.05) is 18.2 Å². The van der Waals surface area contributed by atoms with E-state index in [2.05, 4.69) is 0 Å². The molecule has 0 aliphatic carbocycles. The van der Waals surface area contributed by atoms with Crippen molar-refractivity contribution in [1.82, 2.24) is 0 Å². The predicted molar refractivity (Wildman–Crippen MR) is 70.0 cm³/mol. The number of ketones is 1. The molecule has 0 aliphatic rings. The molecule has 0 radical (unpaired) electrons. The molecule has 0 spiro atoms. The second-order valence-electron chi connectivity index (χ2n) is 4.40. The quantitative estimate of drug-likeness (QED) is 0.680. The first-order valence-corrected chi connectivity index (χ1v) is 5.81. The molecule has 0 fully saturated rings. The molecular formula is C15H13F2NO. The number of rotatable bonds is 3. The van der Waals surface area contributed by atoms with E-state index in [0.29, 0.717) is 11.3 Å². The lowest BCUT2D eigenvalue weighted by atomic mass is 10.00. The highest BCUT2D eigenvalue weighted by Crippen LogP contribution is 2.19. The normalized spacial score (nSPS) is 10.5. The molecule has 19 heavy (non-hydrogen) atoms. The Hall–Kier alpha value is -2.23. The van der Waals surface area contributed by atoms with Gasteiger partial charge < -0.3 is 5.73 Å². The Morgan fingerprint density at radius 3 is 2.63 bits per heavy atom. The molecule has 2 aromatic carbocycles. The molecule has 0 aliphatic heterocycles. The summed E-state index contributed by atoms with van der Waals surface area (Å²) >= 11 is 0. The smallest absolute Gasteiger partial charge is 0.173 e. The van der Waals surface area contributed by atoms with E-state index in [1.165, 1.54) is 13.0 Å². The van der Waals surface area contributed by atoms with Crippen LogP contribution in [-0.2, 0) is 6.42 Å². The molecule has 2 aromatic rings. The zero-order chi connectivity index (χ0) is 14.0. The van der Waals surface area contributed by atoms with E-state index in [9.17, 15) is 13.6 Å². The van der Waals surface area contributed by atoms with Crippen LogP contribution in [0.3, 0.4) is 0 Å². The van der Waals surface area contributed by atoms with Gasteiger partial charge in [0.05, 0.1) is 5.56 Å². The van der Waals surface area contributed by atoms with Crippen LogP contribution in [0.5, 0.6) is 0 Å². The van der Waals surface area contributed by atoms with Crippen molar-refractivity contribution in [2.75, 3.05) is 5.73 Å². The highest BCUT2D eigenvalue weighted by molar-refractivity contribution is 5.98. The Morgan fingerprint density at radius 2 is 1.95 bits per heavy atom. The molecule has 2 N–H and O–H groups in total. The molecule has 0 atom stereocenters. The summed E-state index contributed by atoms with van der Waals surface area (Å²) in [4.78, 5) is 12.0. The van der Waals surface area contributed by atoms with E-state index in [1.807, 2.05) is 0 Å². The van der Waals surface area contributed by atoms with Crippen molar-refractivity contribution in [3.05, 3.63) is 64.7 Å². The highest BCUT2D eigenvalue weighted by Gasteiger charge is 2.19. The van der Waals surface area contributed by atoms with Crippen LogP contribution in [0.15, 0.2) is 36.4 Å². The number of carbonyl (C=O) groups excluding carboxylic acids is 1. The minimum absolute atomic E-state index is 0.0810. The standard InChI is InChI=1S/C15H13F2NO/c1-9-5-6-12(16)14(15(9)17)13(19)8-10-3-2-4-11(18)7-10/h2-7H,8,18H2,1H3. The topological polar surface area (TPSA) is 43.1 Å². The van der Waals surface area contributed by atoms with Crippen molar-refractivity contribution in [2.24, 2.45) is 0 Å². The second kappa shape index (κ2) is 5.18. The van der Waals surface area contributed by atoms with Gasteiger partial charge in [-0.3, -0.25) is 4.79 Å². The molecule has 98 valence electrons. The Balaban J connectivity index is 2.33.